The van der Waals surface area contributed by atoms with Gasteiger partial charge >= 0.3 is 0 Å². The Balaban J connectivity index is 1.62. The third-order valence-electron chi connectivity index (χ3n) is 5.09. The van der Waals surface area contributed by atoms with Gasteiger partial charge in [-0.05, 0) is 48.9 Å². The number of hydrogen-bond acceptors (Lipinski definition) is 5. The highest BCUT2D eigenvalue weighted by molar-refractivity contribution is 6.23. The van der Waals surface area contributed by atoms with Crippen molar-refractivity contribution < 1.29 is 23.5 Å². The van der Waals surface area contributed by atoms with Crippen molar-refractivity contribution in [3.63, 3.8) is 0 Å². The van der Waals surface area contributed by atoms with Crippen LogP contribution in [0.25, 0.3) is 0 Å². The molecule has 1 unspecified atom stereocenters. The van der Waals surface area contributed by atoms with Crippen molar-refractivity contribution in [2.75, 3.05) is 11.5 Å². The molecular weight excluding hydrogens is 396 g/mol. The van der Waals surface area contributed by atoms with Gasteiger partial charge in [0.25, 0.3) is 11.8 Å². The van der Waals surface area contributed by atoms with E-state index in [2.05, 4.69) is 0 Å². The number of carbonyl (C=O) groups excluding carboxylic acids is 3. The maximum atomic E-state index is 13.3. The van der Waals surface area contributed by atoms with Crippen molar-refractivity contribution in [2.24, 2.45) is 0 Å². The Morgan fingerprint density at radius 2 is 1.81 bits per heavy atom. The quantitative estimate of drug-likeness (QED) is 0.547. The summed E-state index contributed by atoms with van der Waals surface area (Å²) >= 11 is 0. The Kier molecular flexibility index (Phi) is 5.84. The SMILES string of the molecule is CCOc1ccc(N2C(=O)CC(N(Cc3ccccc3)C(=O)c3ccco3)C2=O)cc1. The molecule has 31 heavy (non-hydrogen) atoms. The number of amides is 3. The van der Waals surface area contributed by atoms with E-state index in [9.17, 15) is 14.4 Å². The molecule has 1 aliphatic rings. The Morgan fingerprint density at radius 1 is 1.06 bits per heavy atom. The van der Waals surface area contributed by atoms with Crippen molar-refractivity contribution in [1.29, 1.82) is 0 Å². The largest absolute Gasteiger partial charge is 0.494 e. The summed E-state index contributed by atoms with van der Waals surface area (Å²) in [6, 6.07) is 18.3. The van der Waals surface area contributed by atoms with E-state index >= 15 is 0 Å². The van der Waals surface area contributed by atoms with Gasteiger partial charge in [0, 0.05) is 6.54 Å². The molecule has 1 aromatic heterocycles. The molecule has 0 saturated carbocycles. The second kappa shape index (κ2) is 8.87. The molecule has 158 valence electrons. The molecule has 0 bridgehead atoms. The van der Waals surface area contributed by atoms with Gasteiger partial charge in [-0.2, -0.15) is 0 Å². The number of imide groups is 1. The number of carbonyl (C=O) groups is 3. The second-order valence-corrected chi connectivity index (χ2v) is 7.11. The first-order valence-corrected chi connectivity index (χ1v) is 10.1. The van der Waals surface area contributed by atoms with E-state index in [4.69, 9.17) is 9.15 Å². The molecule has 2 heterocycles. The third kappa shape index (κ3) is 4.21. The topological polar surface area (TPSA) is 80.1 Å². The summed E-state index contributed by atoms with van der Waals surface area (Å²) < 4.78 is 10.7. The molecule has 4 rings (SSSR count). The van der Waals surface area contributed by atoms with E-state index in [1.807, 2.05) is 37.3 Å². The number of nitrogens with zero attached hydrogens (tertiary/aromatic N) is 2. The number of benzene rings is 2. The van der Waals surface area contributed by atoms with Crippen LogP contribution in [0, 0.1) is 0 Å². The zero-order valence-electron chi connectivity index (χ0n) is 17.1. The van der Waals surface area contributed by atoms with Crippen molar-refractivity contribution >= 4 is 23.4 Å². The molecular formula is C24H22N2O5. The first kappa shape index (κ1) is 20.4. The van der Waals surface area contributed by atoms with Crippen LogP contribution in [-0.4, -0.2) is 35.3 Å². The van der Waals surface area contributed by atoms with Gasteiger partial charge in [-0.15, -0.1) is 0 Å². The Bertz CT molecular complexity index is 1060. The lowest BCUT2D eigenvalue weighted by molar-refractivity contribution is -0.122. The lowest BCUT2D eigenvalue weighted by Crippen LogP contribution is -2.45. The zero-order chi connectivity index (χ0) is 21.8. The van der Waals surface area contributed by atoms with Crippen LogP contribution in [-0.2, 0) is 16.1 Å². The predicted molar refractivity (Wildman–Crippen MR) is 114 cm³/mol. The summed E-state index contributed by atoms with van der Waals surface area (Å²) in [5.74, 6) is -0.459. The number of ether oxygens (including phenoxy) is 1. The summed E-state index contributed by atoms with van der Waals surface area (Å²) in [6.45, 7) is 2.58. The van der Waals surface area contributed by atoms with Crippen molar-refractivity contribution in [3.8, 4) is 5.75 Å². The average molecular weight is 418 g/mol. The van der Waals surface area contributed by atoms with Crippen molar-refractivity contribution in [2.45, 2.75) is 25.9 Å². The smallest absolute Gasteiger partial charge is 0.290 e. The van der Waals surface area contributed by atoms with Gasteiger partial charge in [-0.25, -0.2) is 4.90 Å². The predicted octanol–water partition coefficient (Wildman–Crippen LogP) is 3.65. The lowest BCUT2D eigenvalue weighted by Gasteiger charge is -2.27. The molecule has 7 nitrogen and oxygen atoms in total. The number of furan rings is 1. The summed E-state index contributed by atoms with van der Waals surface area (Å²) in [5.41, 5.74) is 1.30. The van der Waals surface area contributed by atoms with Crippen LogP contribution >= 0.6 is 0 Å². The molecule has 1 aliphatic heterocycles. The molecule has 1 saturated heterocycles. The Hall–Kier alpha value is -3.87. The monoisotopic (exact) mass is 418 g/mol. The van der Waals surface area contributed by atoms with Gasteiger partial charge in [0.05, 0.1) is 25.0 Å². The van der Waals surface area contributed by atoms with Crippen molar-refractivity contribution in [3.05, 3.63) is 84.3 Å². The first-order valence-electron chi connectivity index (χ1n) is 10.1. The zero-order valence-corrected chi connectivity index (χ0v) is 17.1. The van der Waals surface area contributed by atoms with Crippen LogP contribution in [0.3, 0.4) is 0 Å². The van der Waals surface area contributed by atoms with Crippen LogP contribution in [0.4, 0.5) is 5.69 Å². The first-order chi connectivity index (χ1) is 15.1. The highest BCUT2D eigenvalue weighted by Gasteiger charge is 2.45. The van der Waals surface area contributed by atoms with Crippen LogP contribution in [0.5, 0.6) is 5.75 Å². The van der Waals surface area contributed by atoms with E-state index in [0.29, 0.717) is 18.0 Å². The molecule has 3 aromatic rings. The fraction of sp³-hybridized carbons (Fsp3) is 0.208. The van der Waals surface area contributed by atoms with E-state index in [1.54, 1.807) is 36.4 Å². The van der Waals surface area contributed by atoms with Crippen LogP contribution in [0.1, 0.15) is 29.5 Å². The molecule has 0 aliphatic carbocycles. The van der Waals surface area contributed by atoms with Gasteiger partial charge in [0.2, 0.25) is 5.91 Å². The fourth-order valence-electron chi connectivity index (χ4n) is 3.63. The van der Waals surface area contributed by atoms with Gasteiger partial charge in [-0.3, -0.25) is 14.4 Å². The van der Waals surface area contributed by atoms with E-state index in [-0.39, 0.29) is 24.6 Å². The van der Waals surface area contributed by atoms with Gasteiger partial charge < -0.3 is 14.1 Å². The molecule has 0 N–H and O–H groups in total. The molecule has 1 fully saturated rings. The summed E-state index contributed by atoms with van der Waals surface area (Å²) in [4.78, 5) is 41.7. The molecule has 1 atom stereocenters. The Labute approximate surface area is 179 Å². The summed E-state index contributed by atoms with van der Waals surface area (Å²) in [5, 5.41) is 0. The third-order valence-corrected chi connectivity index (χ3v) is 5.09. The van der Waals surface area contributed by atoms with Gasteiger partial charge in [0.15, 0.2) is 5.76 Å². The Morgan fingerprint density at radius 3 is 2.45 bits per heavy atom. The lowest BCUT2D eigenvalue weighted by atomic mass is 10.1. The van der Waals surface area contributed by atoms with E-state index in [1.165, 1.54) is 11.2 Å². The second-order valence-electron chi connectivity index (χ2n) is 7.11. The minimum absolute atomic E-state index is 0.0919. The maximum Gasteiger partial charge on any atom is 0.290 e. The summed E-state index contributed by atoms with van der Waals surface area (Å²) in [7, 11) is 0. The number of hydrogen-bond donors (Lipinski definition) is 0. The standard InChI is InChI=1S/C24H22N2O5/c1-2-30-19-12-10-18(11-13-19)26-22(27)15-20(23(26)28)25(16-17-7-4-3-5-8-17)24(29)21-9-6-14-31-21/h3-14,20H,2,15-16H2,1H3. The van der Waals surface area contributed by atoms with E-state index < -0.39 is 17.9 Å². The normalized spacial score (nSPS) is 15.9. The molecule has 7 heteroatoms. The maximum absolute atomic E-state index is 13.3. The van der Waals surface area contributed by atoms with Crippen LogP contribution in [0.15, 0.2) is 77.4 Å². The average Bonchev–Trinajstić information content (AvgIpc) is 3.42. The van der Waals surface area contributed by atoms with Gasteiger partial charge in [0.1, 0.15) is 11.8 Å². The number of anilines is 1. The molecule has 2 aromatic carbocycles. The van der Waals surface area contributed by atoms with E-state index in [0.717, 1.165) is 10.5 Å². The molecule has 0 radical (unpaired) electrons. The summed E-state index contributed by atoms with van der Waals surface area (Å²) in [6.07, 6.45) is 1.31. The fourth-order valence-corrected chi connectivity index (χ4v) is 3.63. The van der Waals surface area contributed by atoms with Gasteiger partial charge in [-0.1, -0.05) is 30.3 Å². The van der Waals surface area contributed by atoms with Crippen LogP contribution < -0.4 is 9.64 Å². The number of rotatable bonds is 7. The highest BCUT2D eigenvalue weighted by Crippen LogP contribution is 2.29. The molecule has 0 spiro atoms. The van der Waals surface area contributed by atoms with Crippen molar-refractivity contribution in [1.82, 2.24) is 4.90 Å². The highest BCUT2D eigenvalue weighted by atomic mass is 16.5. The molecule has 3 amide bonds. The minimum Gasteiger partial charge on any atom is -0.494 e. The van der Waals surface area contributed by atoms with Crippen LogP contribution in [0.2, 0.25) is 0 Å². The minimum atomic E-state index is -0.920.